The lowest BCUT2D eigenvalue weighted by Gasteiger charge is -2.38. The van der Waals surface area contributed by atoms with Gasteiger partial charge in [-0.3, -0.25) is 9.78 Å². The molecule has 2 fully saturated rings. The van der Waals surface area contributed by atoms with Crippen LogP contribution in [0.4, 0.5) is 0 Å². The topological polar surface area (TPSA) is 55.3 Å². The molecule has 2 aliphatic heterocycles. The third kappa shape index (κ3) is 3.29. The smallest absolute Gasteiger partial charge is 0.273 e. The summed E-state index contributed by atoms with van der Waals surface area (Å²) in [6, 6.07) is 14.3. The summed E-state index contributed by atoms with van der Waals surface area (Å²) in [5.74, 6) is 0.916. The molecule has 5 nitrogen and oxygen atoms in total. The molecule has 4 heterocycles. The number of pyridine rings is 1. The van der Waals surface area contributed by atoms with Crippen LogP contribution in [0.5, 0.6) is 5.75 Å². The van der Waals surface area contributed by atoms with Crippen molar-refractivity contribution in [3.8, 4) is 16.3 Å². The molecule has 5 rings (SSSR count). The van der Waals surface area contributed by atoms with Crippen LogP contribution in [0.3, 0.4) is 0 Å². The number of thiazole rings is 1. The third-order valence-electron chi connectivity index (χ3n) is 5.62. The number of aromatic nitrogens is 2. The fourth-order valence-corrected chi connectivity index (χ4v) is 5.18. The number of fused-ring (bicyclic) bond motifs is 2. The molecule has 2 aliphatic rings. The van der Waals surface area contributed by atoms with Crippen LogP contribution in [-0.4, -0.2) is 39.0 Å². The molecule has 0 saturated carbocycles. The molecule has 0 radical (unpaired) electrons. The molecule has 2 bridgehead atoms. The van der Waals surface area contributed by atoms with Crippen LogP contribution >= 0.6 is 11.3 Å². The van der Waals surface area contributed by atoms with Gasteiger partial charge in [-0.2, -0.15) is 0 Å². The molecule has 28 heavy (non-hydrogen) atoms. The van der Waals surface area contributed by atoms with E-state index in [1.807, 2.05) is 47.8 Å². The Balaban J connectivity index is 1.30. The van der Waals surface area contributed by atoms with Gasteiger partial charge in [0.1, 0.15) is 22.6 Å². The van der Waals surface area contributed by atoms with Crippen LogP contribution in [-0.2, 0) is 0 Å². The van der Waals surface area contributed by atoms with Gasteiger partial charge in [0.15, 0.2) is 0 Å². The van der Waals surface area contributed by atoms with E-state index in [2.05, 4.69) is 14.9 Å². The number of rotatable bonds is 4. The highest BCUT2D eigenvalue weighted by atomic mass is 32.1. The van der Waals surface area contributed by atoms with Gasteiger partial charge in [0.2, 0.25) is 0 Å². The zero-order valence-corrected chi connectivity index (χ0v) is 16.2. The Kier molecular flexibility index (Phi) is 4.56. The average Bonchev–Trinajstić information content (AvgIpc) is 3.32. The number of hydrogen-bond donors (Lipinski definition) is 0. The van der Waals surface area contributed by atoms with Crippen molar-refractivity contribution in [2.75, 3.05) is 0 Å². The van der Waals surface area contributed by atoms with Crippen molar-refractivity contribution in [3.63, 3.8) is 0 Å². The summed E-state index contributed by atoms with van der Waals surface area (Å²) in [6.07, 6.45) is 7.48. The Morgan fingerprint density at radius 3 is 2.46 bits per heavy atom. The lowest BCUT2D eigenvalue weighted by Crippen LogP contribution is -2.49. The quantitative estimate of drug-likeness (QED) is 0.661. The van der Waals surface area contributed by atoms with Crippen molar-refractivity contribution in [1.82, 2.24) is 14.9 Å². The number of piperidine rings is 1. The first-order chi connectivity index (χ1) is 13.8. The van der Waals surface area contributed by atoms with Crippen molar-refractivity contribution < 1.29 is 9.53 Å². The number of ether oxygens (including phenoxy) is 1. The Hall–Kier alpha value is -2.73. The predicted molar refractivity (Wildman–Crippen MR) is 108 cm³/mol. The minimum atomic E-state index is 0.0632. The maximum atomic E-state index is 13.2. The lowest BCUT2D eigenvalue weighted by atomic mass is 9.99. The molecular weight excluding hydrogens is 370 g/mol. The van der Waals surface area contributed by atoms with E-state index in [4.69, 9.17) is 4.74 Å². The van der Waals surface area contributed by atoms with E-state index >= 15 is 0 Å². The fraction of sp³-hybridized carbons (Fsp3) is 0.318. The predicted octanol–water partition coefficient (Wildman–Crippen LogP) is 4.42. The highest BCUT2D eigenvalue weighted by Gasteiger charge is 2.44. The van der Waals surface area contributed by atoms with Gasteiger partial charge in [-0.1, -0.05) is 30.3 Å². The van der Waals surface area contributed by atoms with E-state index in [1.54, 1.807) is 12.4 Å². The van der Waals surface area contributed by atoms with Crippen molar-refractivity contribution in [3.05, 3.63) is 65.9 Å². The van der Waals surface area contributed by atoms with E-state index in [9.17, 15) is 4.79 Å². The molecule has 1 amide bonds. The lowest BCUT2D eigenvalue weighted by molar-refractivity contribution is 0.0354. The van der Waals surface area contributed by atoms with Gasteiger partial charge < -0.3 is 9.64 Å². The minimum absolute atomic E-state index is 0.0632. The molecule has 2 unspecified atom stereocenters. The van der Waals surface area contributed by atoms with E-state index in [1.165, 1.54) is 11.3 Å². The second kappa shape index (κ2) is 7.36. The summed E-state index contributed by atoms with van der Waals surface area (Å²) in [5, 5.41) is 2.79. The minimum Gasteiger partial charge on any atom is -0.490 e. The van der Waals surface area contributed by atoms with Gasteiger partial charge in [0.25, 0.3) is 5.91 Å². The molecule has 1 aromatic carbocycles. The number of benzene rings is 1. The number of nitrogens with zero attached hydrogens (tertiary/aromatic N) is 3. The Morgan fingerprint density at radius 2 is 1.75 bits per heavy atom. The van der Waals surface area contributed by atoms with Gasteiger partial charge in [-0.15, -0.1) is 11.3 Å². The van der Waals surface area contributed by atoms with Crippen LogP contribution < -0.4 is 4.74 Å². The number of carbonyl (C=O) groups excluding carboxylic acids is 1. The van der Waals surface area contributed by atoms with E-state index in [0.717, 1.165) is 42.0 Å². The van der Waals surface area contributed by atoms with Gasteiger partial charge in [-0.25, -0.2) is 4.98 Å². The highest BCUT2D eigenvalue weighted by Crippen LogP contribution is 2.38. The Bertz CT molecular complexity index is 946. The SMILES string of the molecule is O=C(c1csc(-c2ccccc2)n1)N1C2CCC1CC(Oc1ccncc1)C2. The van der Waals surface area contributed by atoms with Crippen LogP contribution in [0.25, 0.3) is 10.6 Å². The van der Waals surface area contributed by atoms with Gasteiger partial charge in [0.05, 0.1) is 0 Å². The molecule has 3 aromatic rings. The van der Waals surface area contributed by atoms with Crippen molar-refractivity contribution in [2.45, 2.75) is 43.9 Å². The van der Waals surface area contributed by atoms with Crippen LogP contribution in [0.2, 0.25) is 0 Å². The first-order valence-electron chi connectivity index (χ1n) is 9.68. The largest absolute Gasteiger partial charge is 0.490 e. The summed E-state index contributed by atoms with van der Waals surface area (Å²) < 4.78 is 6.14. The molecular formula is C22H21N3O2S. The maximum Gasteiger partial charge on any atom is 0.273 e. The zero-order chi connectivity index (χ0) is 18.9. The number of amides is 1. The molecule has 0 aliphatic carbocycles. The van der Waals surface area contributed by atoms with Gasteiger partial charge >= 0.3 is 0 Å². The monoisotopic (exact) mass is 391 g/mol. The maximum absolute atomic E-state index is 13.2. The van der Waals surface area contributed by atoms with Crippen LogP contribution in [0.1, 0.15) is 36.2 Å². The number of hydrogen-bond acceptors (Lipinski definition) is 5. The van der Waals surface area contributed by atoms with Crippen LogP contribution in [0.15, 0.2) is 60.2 Å². The summed E-state index contributed by atoms with van der Waals surface area (Å²) in [4.78, 5) is 23.9. The zero-order valence-electron chi connectivity index (χ0n) is 15.4. The molecule has 0 spiro atoms. The molecule has 2 saturated heterocycles. The molecule has 2 atom stereocenters. The average molecular weight is 391 g/mol. The Morgan fingerprint density at radius 1 is 1.04 bits per heavy atom. The fourth-order valence-electron chi connectivity index (χ4n) is 4.38. The van der Waals surface area contributed by atoms with Crippen molar-refractivity contribution >= 4 is 17.2 Å². The van der Waals surface area contributed by atoms with Crippen molar-refractivity contribution in [1.29, 1.82) is 0 Å². The summed E-state index contributed by atoms with van der Waals surface area (Å²) in [6.45, 7) is 0. The Labute approximate surface area is 168 Å². The summed E-state index contributed by atoms with van der Waals surface area (Å²) >= 11 is 1.53. The highest BCUT2D eigenvalue weighted by molar-refractivity contribution is 7.13. The number of carbonyl (C=O) groups is 1. The second-order valence-electron chi connectivity index (χ2n) is 7.40. The first-order valence-corrected chi connectivity index (χ1v) is 10.6. The van der Waals surface area contributed by atoms with E-state index in [0.29, 0.717) is 5.69 Å². The normalized spacial score (nSPS) is 23.6. The standard InChI is InChI=1S/C22H21N3O2S/c26-22(20-14-28-21(24-20)15-4-2-1-3-5-15)25-16-6-7-17(25)13-19(12-16)27-18-8-10-23-11-9-18/h1-5,8-11,14,16-17,19H,6-7,12-13H2. The second-order valence-corrected chi connectivity index (χ2v) is 8.25. The first kappa shape index (κ1) is 17.4. The van der Waals surface area contributed by atoms with Crippen LogP contribution in [0, 0.1) is 0 Å². The van der Waals surface area contributed by atoms with E-state index in [-0.39, 0.29) is 24.1 Å². The molecule has 0 N–H and O–H groups in total. The molecule has 2 aromatic heterocycles. The molecule has 142 valence electrons. The molecule has 6 heteroatoms. The summed E-state index contributed by atoms with van der Waals surface area (Å²) in [7, 11) is 0. The van der Waals surface area contributed by atoms with E-state index < -0.39 is 0 Å². The van der Waals surface area contributed by atoms with Crippen molar-refractivity contribution in [2.24, 2.45) is 0 Å². The van der Waals surface area contributed by atoms with Gasteiger partial charge in [-0.05, 0) is 25.0 Å². The third-order valence-corrected chi connectivity index (χ3v) is 6.51. The van der Waals surface area contributed by atoms with Gasteiger partial charge in [0, 0.05) is 48.3 Å². The summed E-state index contributed by atoms with van der Waals surface area (Å²) in [5.41, 5.74) is 1.62.